The third-order valence-electron chi connectivity index (χ3n) is 6.72. The van der Waals surface area contributed by atoms with Crippen LogP contribution >= 0.6 is 23.2 Å². The molecule has 41 heavy (non-hydrogen) atoms. The molecule has 3 rings (SSSR count). The molecule has 0 fully saturated rings. The lowest BCUT2D eigenvalue weighted by atomic mass is 10.0. The molecule has 0 aromatic heterocycles. The van der Waals surface area contributed by atoms with Crippen molar-refractivity contribution in [3.63, 3.8) is 0 Å². The number of nitrogens with one attached hydrogen (secondary N) is 1. The Kier molecular flexibility index (Phi) is 11.6. The molecule has 10 heteroatoms. The number of amides is 2. The van der Waals surface area contributed by atoms with Gasteiger partial charge in [0.15, 0.2) is 0 Å². The van der Waals surface area contributed by atoms with Crippen molar-refractivity contribution < 1.29 is 18.0 Å². The molecule has 1 N–H and O–H groups in total. The van der Waals surface area contributed by atoms with Crippen LogP contribution in [0.15, 0.2) is 72.8 Å². The van der Waals surface area contributed by atoms with Gasteiger partial charge in [-0.1, -0.05) is 98.6 Å². The first-order valence-corrected chi connectivity index (χ1v) is 16.1. The third-order valence-corrected chi connectivity index (χ3v) is 8.55. The minimum atomic E-state index is -3.88. The Bertz CT molecular complexity index is 1430. The number of anilines is 1. The van der Waals surface area contributed by atoms with Crippen molar-refractivity contribution in [2.24, 2.45) is 0 Å². The van der Waals surface area contributed by atoms with Crippen LogP contribution < -0.4 is 9.62 Å². The van der Waals surface area contributed by atoms with E-state index in [1.165, 1.54) is 4.90 Å². The summed E-state index contributed by atoms with van der Waals surface area (Å²) in [7, 11) is -3.88. The Hall–Kier alpha value is -3.07. The molecule has 3 aromatic carbocycles. The molecular formula is C31H37Cl2N3O4S. The molecule has 0 heterocycles. The van der Waals surface area contributed by atoms with Gasteiger partial charge in [0, 0.05) is 35.1 Å². The Morgan fingerprint density at radius 1 is 0.902 bits per heavy atom. The van der Waals surface area contributed by atoms with Crippen molar-refractivity contribution in [2.75, 3.05) is 23.7 Å². The monoisotopic (exact) mass is 617 g/mol. The molecule has 0 aliphatic carbocycles. The molecule has 7 nitrogen and oxygen atoms in total. The number of hydrogen-bond donors (Lipinski definition) is 1. The molecule has 0 radical (unpaired) electrons. The van der Waals surface area contributed by atoms with Gasteiger partial charge in [-0.05, 0) is 41.7 Å². The Balaban J connectivity index is 2.13. The summed E-state index contributed by atoms with van der Waals surface area (Å²) in [5, 5.41) is 3.59. The fraction of sp³-hybridized carbons (Fsp3) is 0.355. The smallest absolute Gasteiger partial charge is 0.244 e. The molecule has 3 aromatic rings. The van der Waals surface area contributed by atoms with Gasteiger partial charge in [-0.15, -0.1) is 0 Å². The van der Waals surface area contributed by atoms with Crippen LogP contribution in [0.25, 0.3) is 0 Å². The number of halogens is 2. The van der Waals surface area contributed by atoms with Gasteiger partial charge in [-0.25, -0.2) is 8.42 Å². The van der Waals surface area contributed by atoms with Crippen molar-refractivity contribution in [3.05, 3.63) is 99.5 Å². The summed E-state index contributed by atoms with van der Waals surface area (Å²) < 4.78 is 27.3. The zero-order valence-corrected chi connectivity index (χ0v) is 26.1. The maximum atomic E-state index is 14.2. The second-order valence-electron chi connectivity index (χ2n) is 10.2. The maximum Gasteiger partial charge on any atom is 0.244 e. The molecule has 0 saturated carbocycles. The topological polar surface area (TPSA) is 86.8 Å². The van der Waals surface area contributed by atoms with E-state index in [4.69, 9.17) is 23.2 Å². The Morgan fingerprint density at radius 3 is 2.10 bits per heavy atom. The summed E-state index contributed by atoms with van der Waals surface area (Å²) >= 11 is 13.0. The summed E-state index contributed by atoms with van der Waals surface area (Å²) in [6.45, 7) is 5.70. The van der Waals surface area contributed by atoms with E-state index in [2.05, 4.69) is 5.32 Å². The van der Waals surface area contributed by atoms with Crippen molar-refractivity contribution in [3.8, 4) is 0 Å². The molecule has 0 spiro atoms. The molecule has 1 unspecified atom stereocenters. The largest absolute Gasteiger partial charge is 0.354 e. The lowest BCUT2D eigenvalue weighted by Gasteiger charge is -2.34. The minimum Gasteiger partial charge on any atom is -0.354 e. The highest BCUT2D eigenvalue weighted by molar-refractivity contribution is 7.92. The molecule has 1 atom stereocenters. The van der Waals surface area contributed by atoms with Crippen LogP contribution in [-0.2, 0) is 32.6 Å². The van der Waals surface area contributed by atoms with Crippen molar-refractivity contribution in [1.29, 1.82) is 0 Å². The SMILES string of the molecule is CCCNC(=O)C(Cc1ccccc1)N(Cc1c(Cl)cccc1Cl)C(=O)CN(c1ccccc1C(C)C)S(C)(=O)=O. The van der Waals surface area contributed by atoms with Crippen LogP contribution in [0.4, 0.5) is 5.69 Å². The van der Waals surface area contributed by atoms with Crippen molar-refractivity contribution in [2.45, 2.75) is 52.1 Å². The lowest BCUT2D eigenvalue weighted by Crippen LogP contribution is -2.53. The van der Waals surface area contributed by atoms with Gasteiger partial charge in [0.2, 0.25) is 21.8 Å². The average molecular weight is 619 g/mol. The van der Waals surface area contributed by atoms with Gasteiger partial charge < -0.3 is 10.2 Å². The second-order valence-corrected chi connectivity index (χ2v) is 12.9. The number of hydrogen-bond acceptors (Lipinski definition) is 4. The van der Waals surface area contributed by atoms with Crippen LogP contribution in [0.1, 0.15) is 49.8 Å². The highest BCUT2D eigenvalue weighted by Crippen LogP contribution is 2.31. The van der Waals surface area contributed by atoms with E-state index in [0.29, 0.717) is 34.3 Å². The summed E-state index contributed by atoms with van der Waals surface area (Å²) in [4.78, 5) is 29.2. The van der Waals surface area contributed by atoms with Gasteiger partial charge in [-0.3, -0.25) is 13.9 Å². The first kappa shape index (κ1) is 32.4. The predicted molar refractivity (Wildman–Crippen MR) is 167 cm³/mol. The van der Waals surface area contributed by atoms with Gasteiger partial charge >= 0.3 is 0 Å². The Labute approximate surface area is 253 Å². The molecule has 2 amide bonds. The third kappa shape index (κ3) is 8.71. The predicted octanol–water partition coefficient (Wildman–Crippen LogP) is 6.05. The first-order chi connectivity index (χ1) is 19.4. The summed E-state index contributed by atoms with van der Waals surface area (Å²) in [6.07, 6.45) is 2.00. The summed E-state index contributed by atoms with van der Waals surface area (Å²) in [6, 6.07) is 20.5. The molecule has 220 valence electrons. The van der Waals surface area contributed by atoms with Crippen molar-refractivity contribution >= 4 is 50.7 Å². The van der Waals surface area contributed by atoms with Crippen LogP contribution in [0.2, 0.25) is 10.0 Å². The number of rotatable bonds is 13. The van der Waals surface area contributed by atoms with E-state index in [9.17, 15) is 18.0 Å². The highest BCUT2D eigenvalue weighted by atomic mass is 35.5. The zero-order chi connectivity index (χ0) is 30.2. The molecule has 0 bridgehead atoms. The molecular weight excluding hydrogens is 581 g/mol. The summed E-state index contributed by atoms with van der Waals surface area (Å²) in [5.41, 5.74) is 2.52. The summed E-state index contributed by atoms with van der Waals surface area (Å²) in [5.74, 6) is -0.896. The fourth-order valence-corrected chi connectivity index (χ4v) is 5.96. The van der Waals surface area contributed by atoms with Crippen LogP contribution in [-0.4, -0.2) is 50.5 Å². The van der Waals surface area contributed by atoms with Gasteiger partial charge in [0.25, 0.3) is 0 Å². The number of nitrogens with zero attached hydrogens (tertiary/aromatic N) is 2. The first-order valence-electron chi connectivity index (χ1n) is 13.5. The Morgan fingerprint density at radius 2 is 1.51 bits per heavy atom. The number of sulfonamides is 1. The molecule has 0 saturated heterocycles. The van der Waals surface area contributed by atoms with E-state index in [1.54, 1.807) is 30.3 Å². The van der Waals surface area contributed by atoms with E-state index in [0.717, 1.165) is 21.7 Å². The van der Waals surface area contributed by atoms with Gasteiger partial charge in [0.05, 0.1) is 11.9 Å². The lowest BCUT2D eigenvalue weighted by molar-refractivity contribution is -0.140. The van der Waals surface area contributed by atoms with Gasteiger partial charge in [0.1, 0.15) is 12.6 Å². The van der Waals surface area contributed by atoms with E-state index in [-0.39, 0.29) is 24.8 Å². The number of carbonyl (C=O) groups is 2. The average Bonchev–Trinajstić information content (AvgIpc) is 2.93. The minimum absolute atomic E-state index is 0.00855. The number of benzene rings is 3. The second kappa shape index (κ2) is 14.7. The van der Waals surface area contributed by atoms with E-state index in [1.807, 2.05) is 63.2 Å². The van der Waals surface area contributed by atoms with Crippen LogP contribution in [0, 0.1) is 0 Å². The van der Waals surface area contributed by atoms with E-state index < -0.39 is 28.5 Å². The zero-order valence-electron chi connectivity index (χ0n) is 23.8. The number of para-hydroxylation sites is 1. The van der Waals surface area contributed by atoms with Gasteiger partial charge in [-0.2, -0.15) is 0 Å². The number of carbonyl (C=O) groups excluding carboxylic acids is 2. The maximum absolute atomic E-state index is 14.2. The fourth-order valence-electron chi connectivity index (χ4n) is 4.57. The molecule has 0 aliphatic rings. The van der Waals surface area contributed by atoms with Crippen LogP contribution in [0.5, 0.6) is 0 Å². The van der Waals surface area contributed by atoms with Crippen molar-refractivity contribution in [1.82, 2.24) is 10.2 Å². The van der Waals surface area contributed by atoms with E-state index >= 15 is 0 Å². The standard InChI is InChI=1S/C31H37Cl2N3O4S/c1-5-18-34-31(38)29(19-23-12-7-6-8-13-23)35(20-25-26(32)15-11-16-27(25)33)30(37)21-36(41(4,39)40)28-17-10-9-14-24(28)22(2)3/h6-17,22,29H,5,18-21H2,1-4H3,(H,34,38). The normalized spacial score (nSPS) is 12.2. The molecule has 0 aliphatic heterocycles. The highest BCUT2D eigenvalue weighted by Gasteiger charge is 2.34. The van der Waals surface area contributed by atoms with Crippen LogP contribution in [0.3, 0.4) is 0 Å². The quantitative estimate of drug-likeness (QED) is 0.253.